The molecule has 0 N–H and O–H groups in total. The minimum Gasteiger partial charge on any atom is -0.163 e. The van der Waals surface area contributed by atoms with Crippen LogP contribution in [0.5, 0.6) is 0 Å². The average Bonchev–Trinajstić information content (AvgIpc) is 3.99. The lowest BCUT2D eigenvalue weighted by atomic mass is 9.88. The van der Waals surface area contributed by atoms with E-state index < -0.39 is 5.41 Å². The highest BCUT2D eigenvalue weighted by Crippen LogP contribution is 2.29. The van der Waals surface area contributed by atoms with Crippen molar-refractivity contribution in [1.29, 1.82) is 0 Å². The summed E-state index contributed by atoms with van der Waals surface area (Å²) in [5.74, 6) is 1.87. The van der Waals surface area contributed by atoms with Crippen molar-refractivity contribution in [2.75, 3.05) is 0 Å². The molecule has 0 atom stereocenters. The van der Waals surface area contributed by atoms with Gasteiger partial charge in [0, 0.05) is 40.1 Å². The standard InChI is InChI=1S/C33H24Br4N16/c34-25-9-1-21(2-10-25)29-38-46-50(42-29)17-33(18-51-43-30(39-47-51)22-3-11-26(35)12-4-22,19-52-44-31(40-48-52)23-5-13-27(36)14-6-23)20-53-45-32(41-49-53)24-7-15-28(37)16-8-24/h1-16H,17-20H2. The third kappa shape index (κ3) is 8.34. The van der Waals surface area contributed by atoms with Crippen molar-refractivity contribution in [3.8, 4) is 45.6 Å². The first-order chi connectivity index (χ1) is 25.8. The maximum Gasteiger partial charge on any atom is 0.204 e. The number of benzene rings is 4. The highest BCUT2D eigenvalue weighted by Gasteiger charge is 2.38. The molecule has 0 bridgehead atoms. The van der Waals surface area contributed by atoms with Gasteiger partial charge >= 0.3 is 0 Å². The molecule has 8 rings (SSSR count). The molecule has 264 valence electrons. The fraction of sp³-hybridized carbons (Fsp3) is 0.152. The SMILES string of the molecule is Brc1ccc(-c2nnn(CC(Cn3nnc(-c4ccc(Br)cc4)n3)(Cn3nnc(-c4ccc(Br)cc4)n3)Cn3nnc(-c4ccc(Br)cc4)n3)n2)cc1. The van der Waals surface area contributed by atoms with Gasteiger partial charge in [-0.15, -0.1) is 40.8 Å². The van der Waals surface area contributed by atoms with Gasteiger partial charge in [0.05, 0.1) is 31.6 Å². The maximum absolute atomic E-state index is 4.77. The smallest absolute Gasteiger partial charge is 0.163 e. The monoisotopic (exact) mass is 960 g/mol. The van der Waals surface area contributed by atoms with E-state index in [1.165, 1.54) is 0 Å². The summed E-state index contributed by atoms with van der Waals surface area (Å²) >= 11 is 14.0. The Morgan fingerprint density at radius 2 is 0.547 bits per heavy atom. The van der Waals surface area contributed by atoms with Crippen LogP contribution in [0.3, 0.4) is 0 Å². The zero-order valence-electron chi connectivity index (χ0n) is 27.2. The van der Waals surface area contributed by atoms with E-state index in [4.69, 9.17) is 20.4 Å². The number of tetrazole rings is 4. The van der Waals surface area contributed by atoms with Crippen LogP contribution in [0.1, 0.15) is 0 Å². The third-order valence-corrected chi connectivity index (χ3v) is 10.2. The molecule has 0 saturated heterocycles. The van der Waals surface area contributed by atoms with Gasteiger partial charge in [-0.25, -0.2) is 0 Å². The lowest BCUT2D eigenvalue weighted by molar-refractivity contribution is 0.0849. The summed E-state index contributed by atoms with van der Waals surface area (Å²) in [7, 11) is 0. The molecule has 4 aromatic carbocycles. The number of nitrogens with zero attached hydrogens (tertiary/aromatic N) is 16. The summed E-state index contributed by atoms with van der Waals surface area (Å²) in [6.07, 6.45) is 0. The Hall–Kier alpha value is -4.92. The fourth-order valence-corrected chi connectivity index (χ4v) is 6.66. The lowest BCUT2D eigenvalue weighted by Gasteiger charge is -2.30. The van der Waals surface area contributed by atoms with Crippen molar-refractivity contribution in [3.63, 3.8) is 0 Å². The second kappa shape index (κ2) is 15.2. The highest BCUT2D eigenvalue weighted by molar-refractivity contribution is 9.11. The summed E-state index contributed by atoms with van der Waals surface area (Å²) in [4.78, 5) is 6.18. The van der Waals surface area contributed by atoms with Crippen LogP contribution in [0.15, 0.2) is 115 Å². The topological polar surface area (TPSA) is 174 Å². The molecule has 8 aromatic rings. The normalized spacial score (nSPS) is 11.7. The summed E-state index contributed by atoms with van der Waals surface area (Å²) in [6, 6.07) is 30.8. The second-order valence-electron chi connectivity index (χ2n) is 12.1. The molecule has 16 nitrogen and oxygen atoms in total. The van der Waals surface area contributed by atoms with E-state index in [0.717, 1.165) is 40.1 Å². The van der Waals surface area contributed by atoms with Gasteiger partial charge in [-0.1, -0.05) is 63.7 Å². The van der Waals surface area contributed by atoms with E-state index in [1.54, 1.807) is 19.2 Å². The van der Waals surface area contributed by atoms with E-state index >= 15 is 0 Å². The predicted molar refractivity (Wildman–Crippen MR) is 206 cm³/mol. The summed E-state index contributed by atoms with van der Waals surface area (Å²) < 4.78 is 3.78. The van der Waals surface area contributed by atoms with Gasteiger partial charge in [-0.2, -0.15) is 19.2 Å². The van der Waals surface area contributed by atoms with Crippen molar-refractivity contribution in [2.45, 2.75) is 26.2 Å². The van der Waals surface area contributed by atoms with Gasteiger partial charge in [-0.3, -0.25) is 0 Å². The maximum atomic E-state index is 4.77. The van der Waals surface area contributed by atoms with Gasteiger partial charge in [0.2, 0.25) is 23.3 Å². The van der Waals surface area contributed by atoms with E-state index in [2.05, 4.69) is 105 Å². The molecule has 53 heavy (non-hydrogen) atoms. The van der Waals surface area contributed by atoms with Gasteiger partial charge < -0.3 is 0 Å². The van der Waals surface area contributed by atoms with E-state index in [9.17, 15) is 0 Å². The van der Waals surface area contributed by atoms with Crippen molar-refractivity contribution in [3.05, 3.63) is 115 Å². The largest absolute Gasteiger partial charge is 0.204 e. The minimum absolute atomic E-state index is 0.204. The summed E-state index contributed by atoms with van der Waals surface area (Å²) in [5, 5.41) is 54.4. The van der Waals surface area contributed by atoms with Crippen LogP contribution in [-0.2, 0) is 26.2 Å². The molecular weight excluding hydrogens is 940 g/mol. The lowest BCUT2D eigenvalue weighted by Crippen LogP contribution is -2.42. The molecule has 0 spiro atoms. The molecule has 0 radical (unpaired) electrons. The van der Waals surface area contributed by atoms with Crippen LogP contribution in [0, 0.1) is 5.41 Å². The number of hydrogen-bond acceptors (Lipinski definition) is 12. The van der Waals surface area contributed by atoms with Gasteiger partial charge in [0.1, 0.15) is 0 Å². The Morgan fingerprint density at radius 3 is 0.755 bits per heavy atom. The first-order valence-corrected chi connectivity index (χ1v) is 19.1. The van der Waals surface area contributed by atoms with Crippen LogP contribution in [-0.4, -0.2) is 80.8 Å². The Bertz CT molecular complexity index is 2110. The first-order valence-electron chi connectivity index (χ1n) is 15.9. The fourth-order valence-electron chi connectivity index (χ4n) is 5.60. The van der Waals surface area contributed by atoms with Crippen LogP contribution < -0.4 is 0 Å². The van der Waals surface area contributed by atoms with Gasteiger partial charge in [-0.05, 0) is 118 Å². The summed E-state index contributed by atoms with van der Waals surface area (Å²) in [6.45, 7) is 0.817. The Kier molecular flexibility index (Phi) is 10.1. The predicted octanol–water partition coefficient (Wildman–Crippen LogP) is 6.44. The Labute approximate surface area is 334 Å². The Balaban J connectivity index is 1.20. The molecule has 0 aliphatic heterocycles. The third-order valence-electron chi connectivity index (χ3n) is 8.13. The molecule has 0 aliphatic carbocycles. The van der Waals surface area contributed by atoms with Crippen molar-refractivity contribution in [2.24, 2.45) is 5.41 Å². The molecule has 0 aliphatic rings. The zero-order valence-corrected chi connectivity index (χ0v) is 33.6. The molecule has 0 amide bonds. The average molecular weight is 964 g/mol. The van der Waals surface area contributed by atoms with Gasteiger partial charge in [0.25, 0.3) is 0 Å². The first kappa shape index (κ1) is 35.1. The quantitative estimate of drug-likeness (QED) is 0.131. The molecule has 0 fully saturated rings. The molecule has 0 saturated carbocycles. The van der Waals surface area contributed by atoms with Gasteiger partial charge in [0.15, 0.2) is 0 Å². The van der Waals surface area contributed by atoms with Crippen LogP contribution >= 0.6 is 63.7 Å². The van der Waals surface area contributed by atoms with Crippen molar-refractivity contribution < 1.29 is 0 Å². The van der Waals surface area contributed by atoms with Crippen LogP contribution in [0.2, 0.25) is 0 Å². The zero-order chi connectivity index (χ0) is 36.4. The Morgan fingerprint density at radius 1 is 0.340 bits per heavy atom. The number of halogens is 4. The molecule has 4 aromatic heterocycles. The summed E-state index contributed by atoms with van der Waals surface area (Å²) in [5.41, 5.74) is 2.37. The molecule has 4 heterocycles. The molecular formula is C33H24Br4N16. The molecule has 0 unspecified atom stereocenters. The van der Waals surface area contributed by atoms with E-state index in [0.29, 0.717) is 23.3 Å². The van der Waals surface area contributed by atoms with Crippen LogP contribution in [0.25, 0.3) is 45.6 Å². The minimum atomic E-state index is -0.898. The van der Waals surface area contributed by atoms with E-state index in [1.807, 2.05) is 97.1 Å². The van der Waals surface area contributed by atoms with E-state index in [-0.39, 0.29) is 26.2 Å². The number of hydrogen-bond donors (Lipinski definition) is 0. The highest BCUT2D eigenvalue weighted by atomic mass is 79.9. The second-order valence-corrected chi connectivity index (χ2v) is 15.8. The number of aromatic nitrogens is 16. The number of rotatable bonds is 12. The molecule has 20 heteroatoms. The van der Waals surface area contributed by atoms with Crippen LogP contribution in [0.4, 0.5) is 0 Å². The van der Waals surface area contributed by atoms with Crippen molar-refractivity contribution in [1.82, 2.24) is 80.8 Å². The van der Waals surface area contributed by atoms with Crippen molar-refractivity contribution >= 4 is 63.7 Å².